The summed E-state index contributed by atoms with van der Waals surface area (Å²) in [5, 5.41) is 3.62. The smallest absolute Gasteiger partial charge is 0.0691 e. The predicted molar refractivity (Wildman–Crippen MR) is 111 cm³/mol. The molecule has 27 heavy (non-hydrogen) atoms. The van der Waals surface area contributed by atoms with Gasteiger partial charge in [-0.1, -0.05) is 18.9 Å². The number of halogens is 1. The van der Waals surface area contributed by atoms with Crippen LogP contribution >= 0.6 is 15.9 Å². The molecule has 0 amide bonds. The van der Waals surface area contributed by atoms with Crippen molar-refractivity contribution >= 4 is 15.9 Å². The standard InChI is InChI=1S/C22H28BrN3O/c23-19-13-18(15-25-16-19)14-24-11-8-21(20-5-1-4-10-26-20)9-12-27-22(17-21)6-2-3-7-22/h1,4-5,10,13,15-16,24H,2-3,6-9,11-12,14,17H2/t21-/m1/s1. The third kappa shape index (κ3) is 4.41. The van der Waals surface area contributed by atoms with Gasteiger partial charge in [0, 0.05) is 47.3 Å². The van der Waals surface area contributed by atoms with Crippen molar-refractivity contribution < 1.29 is 4.74 Å². The highest BCUT2D eigenvalue weighted by molar-refractivity contribution is 9.10. The van der Waals surface area contributed by atoms with Gasteiger partial charge < -0.3 is 10.1 Å². The molecule has 144 valence electrons. The Morgan fingerprint density at radius 1 is 1.15 bits per heavy atom. The molecule has 0 unspecified atom stereocenters. The predicted octanol–water partition coefficient (Wildman–Crippen LogP) is 4.78. The molecule has 1 saturated carbocycles. The number of nitrogens with one attached hydrogen (secondary N) is 1. The van der Waals surface area contributed by atoms with Crippen molar-refractivity contribution in [3.63, 3.8) is 0 Å². The molecule has 4 nitrogen and oxygen atoms in total. The lowest BCUT2D eigenvalue weighted by atomic mass is 9.68. The average Bonchev–Trinajstić information content (AvgIpc) is 3.13. The number of ether oxygens (including phenoxy) is 1. The van der Waals surface area contributed by atoms with Gasteiger partial charge in [0.15, 0.2) is 0 Å². The van der Waals surface area contributed by atoms with E-state index in [1.165, 1.54) is 36.9 Å². The third-order valence-corrected chi connectivity index (χ3v) is 6.68. The van der Waals surface area contributed by atoms with Gasteiger partial charge in [-0.15, -0.1) is 0 Å². The number of pyridine rings is 2. The summed E-state index contributed by atoms with van der Waals surface area (Å²) in [6.45, 7) is 2.66. The zero-order valence-corrected chi connectivity index (χ0v) is 17.4. The maximum Gasteiger partial charge on any atom is 0.0691 e. The molecule has 1 atom stereocenters. The lowest BCUT2D eigenvalue weighted by molar-refractivity contribution is -0.104. The maximum absolute atomic E-state index is 6.33. The fourth-order valence-electron chi connectivity index (χ4n) is 4.91. The number of aromatic nitrogens is 2. The van der Waals surface area contributed by atoms with Crippen molar-refractivity contribution in [1.82, 2.24) is 15.3 Å². The fourth-order valence-corrected chi connectivity index (χ4v) is 5.32. The van der Waals surface area contributed by atoms with Crippen LogP contribution in [0.5, 0.6) is 0 Å². The molecule has 1 saturated heterocycles. The van der Waals surface area contributed by atoms with E-state index in [4.69, 9.17) is 9.72 Å². The van der Waals surface area contributed by atoms with E-state index in [1.54, 1.807) is 0 Å². The summed E-state index contributed by atoms with van der Waals surface area (Å²) in [5.41, 5.74) is 2.65. The van der Waals surface area contributed by atoms with Crippen LogP contribution in [0.15, 0.2) is 47.3 Å². The van der Waals surface area contributed by atoms with Crippen LogP contribution in [0, 0.1) is 0 Å². The minimum Gasteiger partial charge on any atom is -0.375 e. The van der Waals surface area contributed by atoms with E-state index >= 15 is 0 Å². The van der Waals surface area contributed by atoms with Crippen molar-refractivity contribution in [1.29, 1.82) is 0 Å². The summed E-state index contributed by atoms with van der Waals surface area (Å²) in [4.78, 5) is 9.03. The van der Waals surface area contributed by atoms with Crippen LogP contribution in [0.25, 0.3) is 0 Å². The van der Waals surface area contributed by atoms with E-state index in [1.807, 2.05) is 24.7 Å². The topological polar surface area (TPSA) is 47.0 Å². The van der Waals surface area contributed by atoms with Crippen LogP contribution in [0.1, 0.15) is 56.2 Å². The molecule has 1 N–H and O–H groups in total. The molecular formula is C22H28BrN3O. The number of hydrogen-bond donors (Lipinski definition) is 1. The molecular weight excluding hydrogens is 402 g/mol. The second kappa shape index (κ2) is 8.38. The Morgan fingerprint density at radius 3 is 2.81 bits per heavy atom. The molecule has 1 aliphatic heterocycles. The highest BCUT2D eigenvalue weighted by Gasteiger charge is 2.48. The van der Waals surface area contributed by atoms with E-state index in [9.17, 15) is 0 Å². The molecule has 4 rings (SSSR count). The molecule has 0 bridgehead atoms. The Bertz CT molecular complexity index is 748. The number of nitrogens with zero attached hydrogens (tertiary/aromatic N) is 2. The van der Waals surface area contributed by atoms with Crippen molar-refractivity contribution in [2.45, 2.75) is 62.5 Å². The molecule has 2 fully saturated rings. The molecule has 2 aliphatic rings. The zero-order valence-electron chi connectivity index (χ0n) is 15.8. The van der Waals surface area contributed by atoms with Gasteiger partial charge in [-0.2, -0.15) is 0 Å². The monoisotopic (exact) mass is 429 g/mol. The first-order valence-electron chi connectivity index (χ1n) is 10.1. The second-order valence-corrected chi connectivity index (χ2v) is 9.01. The van der Waals surface area contributed by atoms with E-state index in [0.717, 1.165) is 43.4 Å². The lowest BCUT2D eigenvalue weighted by Gasteiger charge is -2.46. The Labute approximate surface area is 170 Å². The van der Waals surface area contributed by atoms with Crippen LogP contribution < -0.4 is 5.32 Å². The fraction of sp³-hybridized carbons (Fsp3) is 0.545. The van der Waals surface area contributed by atoms with Crippen LogP contribution in [0.3, 0.4) is 0 Å². The van der Waals surface area contributed by atoms with Gasteiger partial charge in [0.2, 0.25) is 0 Å². The molecule has 3 heterocycles. The Morgan fingerprint density at radius 2 is 2.04 bits per heavy atom. The first-order valence-corrected chi connectivity index (χ1v) is 10.8. The van der Waals surface area contributed by atoms with E-state index in [-0.39, 0.29) is 11.0 Å². The molecule has 2 aromatic rings. The van der Waals surface area contributed by atoms with Crippen LogP contribution in [0.2, 0.25) is 0 Å². The van der Waals surface area contributed by atoms with Gasteiger partial charge in [0.1, 0.15) is 0 Å². The summed E-state index contributed by atoms with van der Waals surface area (Å²) in [5.74, 6) is 0. The lowest BCUT2D eigenvalue weighted by Crippen LogP contribution is -2.47. The third-order valence-electron chi connectivity index (χ3n) is 6.24. The zero-order chi connectivity index (χ0) is 18.6. The number of hydrogen-bond acceptors (Lipinski definition) is 4. The first kappa shape index (κ1) is 19.0. The van der Waals surface area contributed by atoms with Gasteiger partial charge in [-0.25, -0.2) is 0 Å². The highest BCUT2D eigenvalue weighted by Crippen LogP contribution is 2.49. The van der Waals surface area contributed by atoms with Crippen LogP contribution in [0.4, 0.5) is 0 Å². The molecule has 5 heteroatoms. The van der Waals surface area contributed by atoms with Crippen molar-refractivity contribution in [3.8, 4) is 0 Å². The van der Waals surface area contributed by atoms with Crippen molar-refractivity contribution in [3.05, 3.63) is 58.6 Å². The van der Waals surface area contributed by atoms with E-state index in [2.05, 4.69) is 44.4 Å². The van der Waals surface area contributed by atoms with Gasteiger partial charge in [-0.05, 0) is 78.3 Å². The molecule has 1 aliphatic carbocycles. The van der Waals surface area contributed by atoms with Gasteiger partial charge in [0.25, 0.3) is 0 Å². The summed E-state index contributed by atoms with van der Waals surface area (Å²) in [6.07, 6.45) is 14.0. The second-order valence-electron chi connectivity index (χ2n) is 8.10. The van der Waals surface area contributed by atoms with Crippen molar-refractivity contribution in [2.24, 2.45) is 0 Å². The summed E-state index contributed by atoms with van der Waals surface area (Å²) < 4.78 is 7.36. The maximum atomic E-state index is 6.33. The Balaban J connectivity index is 1.45. The Hall–Kier alpha value is -1.30. The minimum absolute atomic E-state index is 0.0873. The van der Waals surface area contributed by atoms with Crippen LogP contribution in [-0.2, 0) is 16.7 Å². The van der Waals surface area contributed by atoms with E-state index < -0.39 is 0 Å². The first-order chi connectivity index (χ1) is 13.2. The minimum atomic E-state index is 0.0873. The molecule has 0 radical (unpaired) electrons. The SMILES string of the molecule is Brc1cncc(CNCC[C@@]2(c3ccccn3)CCOC3(CCCC3)C2)c1. The molecule has 1 spiro atoms. The largest absolute Gasteiger partial charge is 0.375 e. The summed E-state index contributed by atoms with van der Waals surface area (Å²) in [7, 11) is 0. The molecule has 0 aromatic carbocycles. The summed E-state index contributed by atoms with van der Waals surface area (Å²) >= 11 is 3.49. The quantitative estimate of drug-likeness (QED) is 0.671. The van der Waals surface area contributed by atoms with Gasteiger partial charge >= 0.3 is 0 Å². The molecule has 2 aromatic heterocycles. The number of rotatable bonds is 6. The summed E-state index contributed by atoms with van der Waals surface area (Å²) in [6, 6.07) is 8.48. The average molecular weight is 430 g/mol. The highest BCUT2D eigenvalue weighted by atomic mass is 79.9. The van der Waals surface area contributed by atoms with Crippen molar-refractivity contribution in [2.75, 3.05) is 13.2 Å². The van der Waals surface area contributed by atoms with Gasteiger partial charge in [0.05, 0.1) is 5.60 Å². The normalized spacial score (nSPS) is 24.3. The van der Waals surface area contributed by atoms with E-state index in [0.29, 0.717) is 0 Å². The van der Waals surface area contributed by atoms with Gasteiger partial charge in [-0.3, -0.25) is 9.97 Å². The Kier molecular flexibility index (Phi) is 5.90. The van der Waals surface area contributed by atoms with Crippen LogP contribution in [-0.4, -0.2) is 28.7 Å².